The van der Waals surface area contributed by atoms with Crippen molar-refractivity contribution in [2.75, 3.05) is 20.1 Å². The van der Waals surface area contributed by atoms with Gasteiger partial charge in [-0.3, -0.25) is 9.79 Å². The lowest BCUT2D eigenvalue weighted by Crippen LogP contribution is -2.40. The second kappa shape index (κ2) is 7.11. The highest BCUT2D eigenvalue weighted by molar-refractivity contribution is 6.13. The van der Waals surface area contributed by atoms with E-state index in [9.17, 15) is 4.79 Å². The standard InChI is InChI=1S/C22H22N4O/c1-24-21(16-5-3-2-4-6-16)18-10-12-26(14-19(18)23)22(27)17-8-7-15-9-11-25-20(15)13-17/h2-9,11,13,25H,10,12,14,23H2,1H3. The van der Waals surface area contributed by atoms with Crippen LogP contribution < -0.4 is 5.73 Å². The average molecular weight is 358 g/mol. The number of carbonyl (C=O) groups is 1. The van der Waals surface area contributed by atoms with Crippen molar-refractivity contribution >= 4 is 22.5 Å². The maximum Gasteiger partial charge on any atom is 0.254 e. The lowest BCUT2D eigenvalue weighted by atomic mass is 9.95. The molecule has 0 spiro atoms. The van der Waals surface area contributed by atoms with Gasteiger partial charge < -0.3 is 15.6 Å². The van der Waals surface area contributed by atoms with E-state index in [1.807, 2.05) is 60.8 Å². The smallest absolute Gasteiger partial charge is 0.254 e. The molecule has 5 nitrogen and oxygen atoms in total. The molecule has 27 heavy (non-hydrogen) atoms. The van der Waals surface area contributed by atoms with Crippen LogP contribution in [0.5, 0.6) is 0 Å². The van der Waals surface area contributed by atoms with Crippen molar-refractivity contribution in [3.05, 3.63) is 83.2 Å². The van der Waals surface area contributed by atoms with Gasteiger partial charge in [-0.05, 0) is 35.6 Å². The van der Waals surface area contributed by atoms with Crippen LogP contribution in [-0.2, 0) is 0 Å². The largest absolute Gasteiger partial charge is 0.400 e. The molecule has 1 amide bonds. The number of benzene rings is 2. The summed E-state index contributed by atoms with van der Waals surface area (Å²) in [5, 5.41) is 1.10. The third kappa shape index (κ3) is 3.24. The van der Waals surface area contributed by atoms with E-state index in [0.29, 0.717) is 30.8 Å². The topological polar surface area (TPSA) is 74.5 Å². The zero-order valence-corrected chi connectivity index (χ0v) is 15.3. The second-order valence-corrected chi connectivity index (χ2v) is 6.70. The Morgan fingerprint density at radius 1 is 1.11 bits per heavy atom. The first-order valence-electron chi connectivity index (χ1n) is 9.04. The summed E-state index contributed by atoms with van der Waals surface area (Å²) in [5.74, 6) is 0.00296. The van der Waals surface area contributed by atoms with Gasteiger partial charge in [0.25, 0.3) is 5.91 Å². The number of aromatic nitrogens is 1. The number of nitrogens with two attached hydrogens (primary N) is 1. The first kappa shape index (κ1) is 17.1. The molecule has 1 aromatic heterocycles. The van der Waals surface area contributed by atoms with E-state index in [1.54, 1.807) is 11.9 Å². The van der Waals surface area contributed by atoms with Crippen LogP contribution in [0, 0.1) is 0 Å². The van der Waals surface area contributed by atoms with Crippen molar-refractivity contribution in [1.29, 1.82) is 0 Å². The van der Waals surface area contributed by atoms with Crippen LogP contribution in [0.4, 0.5) is 0 Å². The lowest BCUT2D eigenvalue weighted by Gasteiger charge is -2.30. The quantitative estimate of drug-likeness (QED) is 0.705. The number of carbonyl (C=O) groups excluding carboxylic acids is 1. The van der Waals surface area contributed by atoms with Crippen LogP contribution in [0.25, 0.3) is 10.9 Å². The zero-order valence-electron chi connectivity index (χ0n) is 15.3. The van der Waals surface area contributed by atoms with E-state index in [0.717, 1.165) is 27.8 Å². The number of H-pyrrole nitrogens is 1. The molecule has 0 bridgehead atoms. The van der Waals surface area contributed by atoms with Gasteiger partial charge in [-0.1, -0.05) is 36.4 Å². The number of aromatic amines is 1. The van der Waals surface area contributed by atoms with E-state index >= 15 is 0 Å². The maximum absolute atomic E-state index is 12.9. The summed E-state index contributed by atoms with van der Waals surface area (Å²) < 4.78 is 0. The second-order valence-electron chi connectivity index (χ2n) is 6.70. The summed E-state index contributed by atoms with van der Waals surface area (Å²) in [6.45, 7) is 1.05. The summed E-state index contributed by atoms with van der Waals surface area (Å²) in [6, 6.07) is 17.8. The van der Waals surface area contributed by atoms with Crippen molar-refractivity contribution in [1.82, 2.24) is 9.88 Å². The van der Waals surface area contributed by atoms with Gasteiger partial charge in [0.15, 0.2) is 0 Å². The average Bonchev–Trinajstić information content (AvgIpc) is 3.18. The van der Waals surface area contributed by atoms with Crippen LogP contribution in [0.1, 0.15) is 22.3 Å². The van der Waals surface area contributed by atoms with Gasteiger partial charge in [0.1, 0.15) is 0 Å². The predicted molar refractivity (Wildman–Crippen MR) is 109 cm³/mol. The van der Waals surface area contributed by atoms with Gasteiger partial charge in [0.2, 0.25) is 0 Å². The molecule has 0 atom stereocenters. The summed E-state index contributed by atoms with van der Waals surface area (Å²) in [5.41, 5.74) is 11.7. The van der Waals surface area contributed by atoms with Crippen molar-refractivity contribution < 1.29 is 4.79 Å². The molecule has 4 rings (SSSR count). The third-order valence-corrected chi connectivity index (χ3v) is 5.03. The molecule has 1 aliphatic heterocycles. The monoisotopic (exact) mass is 358 g/mol. The number of amides is 1. The molecule has 136 valence electrons. The summed E-state index contributed by atoms with van der Waals surface area (Å²) in [6.07, 6.45) is 2.58. The molecule has 0 unspecified atom stereocenters. The van der Waals surface area contributed by atoms with Crippen LogP contribution >= 0.6 is 0 Å². The molecule has 0 radical (unpaired) electrons. The first-order chi connectivity index (χ1) is 13.2. The first-order valence-corrected chi connectivity index (χ1v) is 9.04. The Morgan fingerprint density at radius 2 is 1.93 bits per heavy atom. The van der Waals surface area contributed by atoms with E-state index in [2.05, 4.69) is 9.98 Å². The highest BCUT2D eigenvalue weighted by Gasteiger charge is 2.25. The van der Waals surface area contributed by atoms with Crippen molar-refractivity contribution in [2.24, 2.45) is 10.7 Å². The van der Waals surface area contributed by atoms with Crippen LogP contribution in [-0.4, -0.2) is 41.6 Å². The van der Waals surface area contributed by atoms with E-state index < -0.39 is 0 Å². The normalized spacial score (nSPS) is 15.4. The van der Waals surface area contributed by atoms with E-state index in [4.69, 9.17) is 5.73 Å². The minimum absolute atomic E-state index is 0.00296. The van der Waals surface area contributed by atoms with E-state index in [1.165, 1.54) is 0 Å². The number of nitrogens with zero attached hydrogens (tertiary/aromatic N) is 2. The zero-order chi connectivity index (χ0) is 18.8. The number of fused-ring (bicyclic) bond motifs is 1. The fraction of sp³-hybridized carbons (Fsp3) is 0.182. The fourth-order valence-corrected chi connectivity index (χ4v) is 3.63. The van der Waals surface area contributed by atoms with Crippen LogP contribution in [0.15, 0.2) is 77.1 Å². The van der Waals surface area contributed by atoms with Crippen molar-refractivity contribution in [3.8, 4) is 0 Å². The molecule has 2 aromatic carbocycles. The summed E-state index contributed by atoms with van der Waals surface area (Å²) >= 11 is 0. The Hall–Kier alpha value is -3.34. The number of aliphatic imine (C=N–C) groups is 1. The van der Waals surface area contributed by atoms with E-state index in [-0.39, 0.29) is 5.91 Å². The van der Waals surface area contributed by atoms with Gasteiger partial charge in [-0.25, -0.2) is 0 Å². The van der Waals surface area contributed by atoms with Crippen LogP contribution in [0.2, 0.25) is 0 Å². The predicted octanol–water partition coefficient (Wildman–Crippen LogP) is 3.35. The van der Waals surface area contributed by atoms with Gasteiger partial charge in [-0.15, -0.1) is 0 Å². The molecule has 3 aromatic rings. The van der Waals surface area contributed by atoms with Gasteiger partial charge in [0, 0.05) is 42.1 Å². The number of hydrogen-bond acceptors (Lipinski definition) is 3. The molecule has 0 saturated heterocycles. The lowest BCUT2D eigenvalue weighted by molar-refractivity contribution is 0.0764. The Balaban J connectivity index is 1.57. The molecule has 0 saturated carbocycles. The molecular formula is C22H22N4O. The number of nitrogens with one attached hydrogen (secondary N) is 1. The molecule has 2 heterocycles. The molecule has 3 N–H and O–H groups in total. The Morgan fingerprint density at radius 3 is 2.67 bits per heavy atom. The summed E-state index contributed by atoms with van der Waals surface area (Å²) in [7, 11) is 1.78. The summed E-state index contributed by atoms with van der Waals surface area (Å²) in [4.78, 5) is 22.4. The van der Waals surface area contributed by atoms with Crippen molar-refractivity contribution in [3.63, 3.8) is 0 Å². The van der Waals surface area contributed by atoms with Gasteiger partial charge >= 0.3 is 0 Å². The SMILES string of the molecule is CN=C(C1=C(N)CN(C(=O)c2ccc3cc[nH]c3c2)CC1)c1ccccc1. The Kier molecular flexibility index (Phi) is 4.50. The Bertz CT molecular complexity index is 1050. The molecule has 1 aliphatic rings. The molecular weight excluding hydrogens is 336 g/mol. The highest BCUT2D eigenvalue weighted by Crippen LogP contribution is 2.23. The van der Waals surface area contributed by atoms with Crippen molar-refractivity contribution in [2.45, 2.75) is 6.42 Å². The van der Waals surface area contributed by atoms with Gasteiger partial charge in [-0.2, -0.15) is 0 Å². The maximum atomic E-state index is 12.9. The highest BCUT2D eigenvalue weighted by atomic mass is 16.2. The molecule has 0 aliphatic carbocycles. The molecule has 0 fully saturated rings. The fourth-order valence-electron chi connectivity index (χ4n) is 3.63. The van der Waals surface area contributed by atoms with Gasteiger partial charge in [0.05, 0.1) is 12.3 Å². The Labute approximate surface area is 158 Å². The molecule has 5 heteroatoms. The number of rotatable bonds is 3. The minimum Gasteiger partial charge on any atom is -0.400 e. The third-order valence-electron chi connectivity index (χ3n) is 5.03. The minimum atomic E-state index is 0.00296. The van der Waals surface area contributed by atoms with Crippen LogP contribution in [0.3, 0.4) is 0 Å². The number of hydrogen-bond donors (Lipinski definition) is 2.